The zero-order valence-corrected chi connectivity index (χ0v) is 15.3. The molecule has 1 amide bonds. The molecule has 0 unspecified atom stereocenters. The summed E-state index contributed by atoms with van der Waals surface area (Å²) in [5.41, 5.74) is 3.42. The molecule has 3 aromatic rings. The minimum Gasteiger partial charge on any atom is -0.354 e. The van der Waals surface area contributed by atoms with E-state index in [1.807, 2.05) is 32.0 Å². The van der Waals surface area contributed by atoms with Gasteiger partial charge >= 0.3 is 6.18 Å². The monoisotopic (exact) mass is 385 g/mol. The van der Waals surface area contributed by atoms with Crippen LogP contribution in [-0.2, 0) is 6.18 Å². The number of pyridine rings is 1. The quantitative estimate of drug-likeness (QED) is 0.605. The molecule has 144 valence electrons. The molecule has 0 aliphatic carbocycles. The van der Waals surface area contributed by atoms with Crippen molar-refractivity contribution in [2.75, 3.05) is 10.6 Å². The van der Waals surface area contributed by atoms with Gasteiger partial charge in [-0.05, 0) is 67.4 Å². The van der Waals surface area contributed by atoms with Gasteiger partial charge in [0, 0.05) is 17.6 Å². The number of aromatic nitrogens is 1. The number of halogens is 3. The Bertz CT molecular complexity index is 999. The van der Waals surface area contributed by atoms with E-state index in [-0.39, 0.29) is 5.91 Å². The average Bonchev–Trinajstić information content (AvgIpc) is 2.65. The van der Waals surface area contributed by atoms with Gasteiger partial charge in [0.15, 0.2) is 0 Å². The van der Waals surface area contributed by atoms with Gasteiger partial charge in [0.25, 0.3) is 5.91 Å². The van der Waals surface area contributed by atoms with E-state index < -0.39 is 11.7 Å². The van der Waals surface area contributed by atoms with Crippen molar-refractivity contribution in [3.63, 3.8) is 0 Å². The van der Waals surface area contributed by atoms with Gasteiger partial charge in [-0.3, -0.25) is 9.78 Å². The van der Waals surface area contributed by atoms with Crippen molar-refractivity contribution in [1.29, 1.82) is 0 Å². The molecule has 0 radical (unpaired) electrons. The van der Waals surface area contributed by atoms with E-state index in [4.69, 9.17) is 0 Å². The Morgan fingerprint density at radius 3 is 2.18 bits per heavy atom. The Morgan fingerprint density at radius 1 is 0.857 bits per heavy atom. The van der Waals surface area contributed by atoms with Crippen LogP contribution in [0, 0.1) is 13.8 Å². The van der Waals surface area contributed by atoms with Gasteiger partial charge in [0.2, 0.25) is 0 Å². The van der Waals surface area contributed by atoms with Crippen LogP contribution in [0.5, 0.6) is 0 Å². The second-order valence-corrected chi connectivity index (χ2v) is 6.42. The van der Waals surface area contributed by atoms with Crippen molar-refractivity contribution in [3.8, 4) is 0 Å². The lowest BCUT2D eigenvalue weighted by Crippen LogP contribution is -2.12. The number of carbonyl (C=O) groups excluding carboxylic acids is 1. The summed E-state index contributed by atoms with van der Waals surface area (Å²) in [6, 6.07) is 11.8. The molecule has 0 bridgehead atoms. The number of amides is 1. The van der Waals surface area contributed by atoms with E-state index >= 15 is 0 Å². The van der Waals surface area contributed by atoms with Crippen LogP contribution < -0.4 is 10.6 Å². The lowest BCUT2D eigenvalue weighted by molar-refractivity contribution is -0.137. The zero-order valence-electron chi connectivity index (χ0n) is 15.3. The first-order valence-electron chi connectivity index (χ1n) is 8.50. The number of carbonyl (C=O) groups is 1. The zero-order chi connectivity index (χ0) is 20.3. The van der Waals surface area contributed by atoms with Crippen LogP contribution in [0.2, 0.25) is 0 Å². The number of anilines is 3. The topological polar surface area (TPSA) is 54.0 Å². The lowest BCUT2D eigenvalue weighted by atomic mass is 10.1. The largest absolute Gasteiger partial charge is 0.416 e. The highest BCUT2D eigenvalue weighted by atomic mass is 19.4. The maximum absolute atomic E-state index is 12.6. The Kier molecular flexibility index (Phi) is 5.35. The van der Waals surface area contributed by atoms with Gasteiger partial charge in [-0.2, -0.15) is 13.2 Å². The number of nitrogens with one attached hydrogen (secondary N) is 2. The highest BCUT2D eigenvalue weighted by molar-refractivity contribution is 6.04. The number of alkyl halides is 3. The third-order valence-corrected chi connectivity index (χ3v) is 4.27. The molecular formula is C21H18F3N3O. The number of aryl methyl sites for hydroxylation is 2. The van der Waals surface area contributed by atoms with Crippen molar-refractivity contribution in [3.05, 3.63) is 83.2 Å². The van der Waals surface area contributed by atoms with Gasteiger partial charge in [0.05, 0.1) is 23.0 Å². The van der Waals surface area contributed by atoms with E-state index in [1.54, 1.807) is 6.07 Å². The standard InChI is InChI=1S/C21H18F3N3O/c1-13-3-6-18(9-14(13)2)27-20(28)15-10-19(12-25-11-15)26-17-7-4-16(5-8-17)21(22,23)24/h3-12,26H,1-2H3,(H,27,28). The van der Waals surface area contributed by atoms with Crippen molar-refractivity contribution < 1.29 is 18.0 Å². The maximum Gasteiger partial charge on any atom is 0.416 e. The molecule has 1 aromatic heterocycles. The Balaban J connectivity index is 1.72. The van der Waals surface area contributed by atoms with Gasteiger partial charge in [-0.25, -0.2) is 0 Å². The highest BCUT2D eigenvalue weighted by Gasteiger charge is 2.29. The predicted molar refractivity (Wildman–Crippen MR) is 103 cm³/mol. The molecule has 2 N–H and O–H groups in total. The maximum atomic E-state index is 12.6. The molecule has 0 saturated heterocycles. The summed E-state index contributed by atoms with van der Waals surface area (Å²) in [5, 5.41) is 5.76. The molecule has 0 aliphatic rings. The fourth-order valence-electron chi connectivity index (χ4n) is 2.56. The fraction of sp³-hybridized carbons (Fsp3) is 0.143. The van der Waals surface area contributed by atoms with Crippen LogP contribution in [0.1, 0.15) is 27.0 Å². The Morgan fingerprint density at radius 2 is 1.54 bits per heavy atom. The summed E-state index contributed by atoms with van der Waals surface area (Å²) in [5.74, 6) is -0.327. The second kappa shape index (κ2) is 7.72. The first-order valence-corrected chi connectivity index (χ1v) is 8.50. The highest BCUT2D eigenvalue weighted by Crippen LogP contribution is 2.30. The number of nitrogens with zero attached hydrogens (tertiary/aromatic N) is 1. The number of rotatable bonds is 4. The molecule has 0 atom stereocenters. The first kappa shape index (κ1) is 19.4. The van der Waals surface area contributed by atoms with Crippen molar-refractivity contribution in [2.24, 2.45) is 0 Å². The summed E-state index contributed by atoms with van der Waals surface area (Å²) >= 11 is 0. The van der Waals surface area contributed by atoms with Crippen LogP contribution in [0.4, 0.5) is 30.2 Å². The molecule has 4 nitrogen and oxygen atoms in total. The third kappa shape index (κ3) is 4.68. The number of hydrogen-bond acceptors (Lipinski definition) is 3. The second-order valence-electron chi connectivity index (χ2n) is 6.42. The molecule has 0 spiro atoms. The molecule has 2 aromatic carbocycles. The van der Waals surface area contributed by atoms with Crippen molar-refractivity contribution >= 4 is 23.0 Å². The van der Waals surface area contributed by atoms with Gasteiger partial charge in [0.1, 0.15) is 0 Å². The van der Waals surface area contributed by atoms with E-state index in [9.17, 15) is 18.0 Å². The first-order chi connectivity index (χ1) is 13.2. The molecule has 28 heavy (non-hydrogen) atoms. The Labute approximate surface area is 160 Å². The van der Waals surface area contributed by atoms with E-state index in [0.29, 0.717) is 22.6 Å². The summed E-state index contributed by atoms with van der Waals surface area (Å²) in [6.45, 7) is 3.95. The van der Waals surface area contributed by atoms with Crippen LogP contribution in [-0.4, -0.2) is 10.9 Å². The fourth-order valence-corrected chi connectivity index (χ4v) is 2.56. The van der Waals surface area contributed by atoms with Crippen LogP contribution >= 0.6 is 0 Å². The summed E-state index contributed by atoms with van der Waals surface area (Å²) in [7, 11) is 0. The third-order valence-electron chi connectivity index (χ3n) is 4.27. The molecule has 3 rings (SSSR count). The SMILES string of the molecule is Cc1ccc(NC(=O)c2cncc(Nc3ccc(C(F)(F)F)cc3)c2)cc1C. The molecule has 0 saturated carbocycles. The number of hydrogen-bond donors (Lipinski definition) is 2. The van der Waals surface area contributed by atoms with Crippen LogP contribution in [0.3, 0.4) is 0 Å². The summed E-state index contributed by atoms with van der Waals surface area (Å²) in [4.78, 5) is 16.5. The normalized spacial score (nSPS) is 11.2. The lowest BCUT2D eigenvalue weighted by Gasteiger charge is -2.11. The van der Waals surface area contributed by atoms with Gasteiger partial charge in [-0.1, -0.05) is 6.07 Å². The summed E-state index contributed by atoms with van der Waals surface area (Å²) < 4.78 is 37.9. The number of benzene rings is 2. The minimum atomic E-state index is -4.38. The smallest absolute Gasteiger partial charge is 0.354 e. The van der Waals surface area contributed by atoms with E-state index in [2.05, 4.69) is 15.6 Å². The van der Waals surface area contributed by atoms with Crippen molar-refractivity contribution in [1.82, 2.24) is 4.98 Å². The molecule has 7 heteroatoms. The van der Waals surface area contributed by atoms with Gasteiger partial charge in [-0.15, -0.1) is 0 Å². The van der Waals surface area contributed by atoms with Gasteiger partial charge < -0.3 is 10.6 Å². The van der Waals surface area contributed by atoms with Crippen molar-refractivity contribution in [2.45, 2.75) is 20.0 Å². The predicted octanol–water partition coefficient (Wildman–Crippen LogP) is 5.71. The molecule has 0 fully saturated rings. The molecular weight excluding hydrogens is 367 g/mol. The molecule has 1 heterocycles. The van der Waals surface area contributed by atoms with E-state index in [0.717, 1.165) is 23.3 Å². The molecule has 0 aliphatic heterocycles. The van der Waals surface area contributed by atoms with E-state index in [1.165, 1.54) is 24.5 Å². The summed E-state index contributed by atoms with van der Waals surface area (Å²) in [6.07, 6.45) is -1.47. The van der Waals surface area contributed by atoms with Crippen LogP contribution in [0.15, 0.2) is 60.9 Å². The minimum absolute atomic E-state index is 0.327. The average molecular weight is 385 g/mol. The Hall–Kier alpha value is -3.35. The van der Waals surface area contributed by atoms with Crippen LogP contribution in [0.25, 0.3) is 0 Å².